The molecule has 0 aromatic heterocycles. The maximum absolute atomic E-state index is 8.40. The van der Waals surface area contributed by atoms with Crippen LogP contribution in [0.5, 0.6) is 0 Å². The Labute approximate surface area is 200 Å². The maximum Gasteiger partial charge on any atom is 0.176 e. The van der Waals surface area contributed by atoms with Crippen molar-refractivity contribution in [2.24, 2.45) is 3.21 Å². The van der Waals surface area contributed by atoms with Gasteiger partial charge in [0.2, 0.25) is 0 Å². The van der Waals surface area contributed by atoms with Crippen molar-refractivity contribution in [1.82, 2.24) is 0 Å². The van der Waals surface area contributed by atoms with E-state index in [0.717, 1.165) is 11.4 Å². The van der Waals surface area contributed by atoms with Gasteiger partial charge in [0.25, 0.3) is 0 Å². The topological polar surface area (TPSA) is 112 Å². The van der Waals surface area contributed by atoms with E-state index in [1.807, 2.05) is 36.4 Å². The van der Waals surface area contributed by atoms with Crippen molar-refractivity contribution in [3.63, 3.8) is 0 Å². The second-order valence-electron chi connectivity index (χ2n) is 6.82. The zero-order valence-electron chi connectivity index (χ0n) is 18.7. The van der Waals surface area contributed by atoms with Crippen molar-refractivity contribution in [1.29, 1.82) is 0 Å². The maximum atomic E-state index is 8.40. The van der Waals surface area contributed by atoms with Crippen molar-refractivity contribution in [3.05, 3.63) is 94.2 Å². The molecular weight excluding hydrogens is 511 g/mol. The Morgan fingerprint density at radius 1 is 0.688 bits per heavy atom. The number of rotatable bonds is 6. The van der Waals surface area contributed by atoms with E-state index in [2.05, 4.69) is 37.1 Å². The summed E-state index contributed by atoms with van der Waals surface area (Å²) in [6.45, 7) is 6.00. The second-order valence-corrected chi connectivity index (χ2v) is 8.67. The van der Waals surface area contributed by atoms with Gasteiger partial charge in [-0.3, -0.25) is 0 Å². The molecule has 2 aromatic rings. The summed E-state index contributed by atoms with van der Waals surface area (Å²) in [7, 11) is 0. The van der Waals surface area contributed by atoms with Crippen LogP contribution in [0.3, 0.4) is 0 Å². The van der Waals surface area contributed by atoms with Crippen LogP contribution < -0.4 is 0 Å². The third-order valence-corrected chi connectivity index (χ3v) is 5.53. The summed E-state index contributed by atoms with van der Waals surface area (Å²) in [6.07, 6.45) is 4.65. The molecule has 166 valence electrons. The molecule has 0 saturated heterocycles. The van der Waals surface area contributed by atoms with Crippen molar-refractivity contribution < 1.29 is 19.2 Å². The summed E-state index contributed by atoms with van der Waals surface area (Å²) < 4.78 is 9.24. The van der Waals surface area contributed by atoms with E-state index >= 15 is 0 Å². The molecule has 0 spiro atoms. The SMILES string of the molecule is C1=C(c2ccccc2)[N-][Sn][N]=C1c1ccccc1.CC(=[OH+])[CH-]C(C)=[OH+].CC(=[OH+])[CH-]C(C)=[OH+]. The van der Waals surface area contributed by atoms with Gasteiger partial charge >= 0.3 is 118 Å². The van der Waals surface area contributed by atoms with Gasteiger partial charge in [-0.05, 0) is 0 Å². The Morgan fingerprint density at radius 3 is 1.47 bits per heavy atom. The van der Waals surface area contributed by atoms with E-state index in [1.165, 1.54) is 51.7 Å². The zero-order valence-corrected chi connectivity index (χ0v) is 21.5. The van der Waals surface area contributed by atoms with Gasteiger partial charge in [0.15, 0.2) is 23.1 Å². The van der Waals surface area contributed by atoms with Crippen molar-refractivity contribution in [2.45, 2.75) is 27.7 Å². The number of carbonyl (C=O) groups excluding carboxylic acids is 4. The molecule has 0 aliphatic carbocycles. The largest absolute Gasteiger partial charge is 0.316 e. The molecule has 32 heavy (non-hydrogen) atoms. The Balaban J connectivity index is 0.000000305. The van der Waals surface area contributed by atoms with Crippen LogP contribution in [-0.4, -0.2) is 69.7 Å². The van der Waals surface area contributed by atoms with Gasteiger partial charge in [-0.25, -0.2) is 0 Å². The molecule has 0 unspecified atom stereocenters. The predicted molar refractivity (Wildman–Crippen MR) is 136 cm³/mol. The molecule has 6 nitrogen and oxygen atoms in total. The Kier molecular flexibility index (Phi) is 12.4. The molecule has 1 aliphatic rings. The molecule has 4 N–H and O–H groups in total. The van der Waals surface area contributed by atoms with E-state index in [4.69, 9.17) is 19.2 Å². The third kappa shape index (κ3) is 11.9. The fourth-order valence-corrected chi connectivity index (χ4v) is 4.31. The minimum absolute atomic E-state index is 0.125. The number of allylic oxidation sites excluding steroid dienone is 1. The van der Waals surface area contributed by atoms with Gasteiger partial charge in [-0.1, -0.05) is 0 Å². The summed E-state index contributed by atoms with van der Waals surface area (Å²) in [6, 6.07) is 20.6. The number of benzene rings is 2. The van der Waals surface area contributed by atoms with E-state index in [1.54, 1.807) is 0 Å². The molecule has 1 heterocycles. The van der Waals surface area contributed by atoms with Crippen LogP contribution in [0.25, 0.3) is 9.24 Å². The van der Waals surface area contributed by atoms with E-state index in [9.17, 15) is 0 Å². The Bertz CT molecular complexity index is 934. The van der Waals surface area contributed by atoms with Crippen molar-refractivity contribution in [3.8, 4) is 0 Å². The minimum atomic E-state index is -1.01. The number of ketones is 4. The first-order valence-electron chi connectivity index (χ1n) is 9.84. The molecule has 0 amide bonds. The van der Waals surface area contributed by atoms with Gasteiger partial charge in [0, 0.05) is 27.7 Å². The molecule has 1 aliphatic heterocycles. The van der Waals surface area contributed by atoms with Gasteiger partial charge in [0.05, 0.1) is 0 Å². The second kappa shape index (κ2) is 14.8. The van der Waals surface area contributed by atoms with Crippen molar-refractivity contribution >= 4 is 56.2 Å². The van der Waals surface area contributed by atoms with Crippen LogP contribution in [0.4, 0.5) is 0 Å². The number of nitrogens with zero attached hydrogens (tertiary/aromatic N) is 2. The van der Waals surface area contributed by atoms with Crippen LogP contribution in [0, 0.1) is 12.8 Å². The third-order valence-electron chi connectivity index (χ3n) is 3.59. The monoisotopic (exact) mass is 541 g/mol. The first kappa shape index (κ1) is 26.9. The average Bonchev–Trinajstić information content (AvgIpc) is 2.74. The van der Waals surface area contributed by atoms with Crippen LogP contribution in [0.1, 0.15) is 38.8 Å². The quantitative estimate of drug-likeness (QED) is 0.228. The van der Waals surface area contributed by atoms with Crippen LogP contribution >= 0.6 is 0 Å². The molecule has 3 rings (SSSR count). The van der Waals surface area contributed by atoms with Gasteiger partial charge in [-0.2, -0.15) is 12.8 Å². The molecule has 0 atom stereocenters. The first-order valence-corrected chi connectivity index (χ1v) is 12.4. The van der Waals surface area contributed by atoms with Gasteiger partial charge < -0.3 is 19.2 Å². The predicted octanol–water partition coefficient (Wildman–Crippen LogP) is 4.08. The molecular formula is C25H29N2O4Sn+. The fraction of sp³-hybridized carbons (Fsp3) is 0.160. The minimum Gasteiger partial charge on any atom is -0.316 e. The zero-order chi connectivity index (χ0) is 23.9. The van der Waals surface area contributed by atoms with Gasteiger partial charge in [0.1, 0.15) is 0 Å². The molecule has 0 bridgehead atoms. The summed E-state index contributed by atoms with van der Waals surface area (Å²) in [5, 5.41) is 0. The molecule has 2 aromatic carbocycles. The van der Waals surface area contributed by atoms with Crippen LogP contribution in [0.15, 0.2) is 70.0 Å². The summed E-state index contributed by atoms with van der Waals surface area (Å²) in [5.74, 6) is 0.500. The van der Waals surface area contributed by atoms with Gasteiger partial charge in [-0.15, -0.1) is 0 Å². The summed E-state index contributed by atoms with van der Waals surface area (Å²) >= 11 is -1.01. The smallest absolute Gasteiger partial charge is 0.176 e. The molecule has 0 fully saturated rings. The first-order chi connectivity index (χ1) is 15.2. The Hall–Kier alpha value is -3.13. The molecule has 7 heteroatoms. The van der Waals surface area contributed by atoms with Crippen LogP contribution in [-0.2, 0) is 0 Å². The summed E-state index contributed by atoms with van der Waals surface area (Å²) in [5.41, 5.74) is 4.52. The van der Waals surface area contributed by atoms with E-state index < -0.39 is 21.7 Å². The normalized spacial score (nSPS) is 11.5. The van der Waals surface area contributed by atoms with Crippen molar-refractivity contribution in [2.75, 3.05) is 0 Å². The van der Waals surface area contributed by atoms with Crippen LogP contribution in [0.2, 0.25) is 0 Å². The van der Waals surface area contributed by atoms with E-state index in [-0.39, 0.29) is 23.1 Å². The summed E-state index contributed by atoms with van der Waals surface area (Å²) in [4.78, 5) is 33.6. The number of hydrogen-bond donors (Lipinski definition) is 0. The average molecular weight is 540 g/mol. The Morgan fingerprint density at radius 2 is 1.09 bits per heavy atom. The number of hydrogen-bond acceptors (Lipinski definition) is 1. The molecule has 0 saturated carbocycles. The van der Waals surface area contributed by atoms with E-state index in [0.29, 0.717) is 0 Å². The molecule has 2 radical (unpaired) electrons. The fourth-order valence-electron chi connectivity index (χ4n) is 2.44. The standard InChI is InChI=1S/C15H11N2.2C5H7O2.Sn/c16-14(12-7-3-1-4-8-12)11-15(17)13-9-5-2-6-10-13;2*1-4(6)3-5(2)7;/h1-11H;2*3H,1-2H3;/q-2;2*-1;+1/p+4.